The average molecular weight is 597 g/mol. The topological polar surface area (TPSA) is 248 Å². The second-order valence-electron chi connectivity index (χ2n) is 10.1. The van der Waals surface area contributed by atoms with Crippen molar-refractivity contribution in [2.24, 2.45) is 0 Å². The van der Waals surface area contributed by atoms with Crippen LogP contribution in [0.3, 0.4) is 0 Å². The molecule has 15 nitrogen and oxygen atoms in total. The average Bonchev–Trinajstić information content (AvgIpc) is 2.98. The fourth-order valence-corrected chi connectivity index (χ4v) is 4.89. The Bertz CT molecular complexity index is 1260. The van der Waals surface area contributed by atoms with E-state index in [2.05, 4.69) is 0 Å². The van der Waals surface area contributed by atoms with Gasteiger partial charge in [0.05, 0.1) is 18.8 Å². The number of hydrogen-bond acceptors (Lipinski definition) is 15. The van der Waals surface area contributed by atoms with Gasteiger partial charge >= 0.3 is 0 Å². The van der Waals surface area contributed by atoms with E-state index in [1.54, 1.807) is 0 Å². The SMILES string of the molecule is OCC1OC(OC2=Cc3c(cc(O)cc3OC3OC(CO)C(O)C(O)C3O)OC2c2ccc(O)cc2)C(O)C(O)C1O. The zero-order valence-corrected chi connectivity index (χ0v) is 21.8. The molecule has 11 unspecified atom stereocenters. The van der Waals surface area contributed by atoms with E-state index in [0.29, 0.717) is 5.56 Å². The van der Waals surface area contributed by atoms with Crippen molar-refractivity contribution in [1.29, 1.82) is 0 Å². The Morgan fingerprint density at radius 3 is 1.74 bits per heavy atom. The summed E-state index contributed by atoms with van der Waals surface area (Å²) in [6.07, 6.45) is -15.7. The Labute approximate surface area is 238 Å². The van der Waals surface area contributed by atoms with E-state index in [4.69, 9.17) is 23.7 Å². The zero-order chi connectivity index (χ0) is 30.3. The number of fused-ring (bicyclic) bond motifs is 1. The first-order chi connectivity index (χ1) is 20.0. The summed E-state index contributed by atoms with van der Waals surface area (Å²) in [6.45, 7) is -1.39. The number of phenolic OH excluding ortho intramolecular Hbond substituents is 2. The highest BCUT2D eigenvalue weighted by Gasteiger charge is 2.47. The molecule has 2 aromatic carbocycles. The van der Waals surface area contributed by atoms with Gasteiger partial charge in [0.1, 0.15) is 77.6 Å². The van der Waals surface area contributed by atoms with Gasteiger partial charge in [0.25, 0.3) is 0 Å². The first-order valence-corrected chi connectivity index (χ1v) is 13.0. The van der Waals surface area contributed by atoms with Crippen LogP contribution in [0.15, 0.2) is 42.2 Å². The number of phenols is 2. The molecule has 42 heavy (non-hydrogen) atoms. The molecule has 0 spiro atoms. The van der Waals surface area contributed by atoms with Crippen LogP contribution in [-0.4, -0.2) is 126 Å². The monoisotopic (exact) mass is 596 g/mol. The van der Waals surface area contributed by atoms with E-state index in [0.717, 1.165) is 6.07 Å². The van der Waals surface area contributed by atoms with Crippen molar-refractivity contribution in [1.82, 2.24) is 0 Å². The first kappa shape index (κ1) is 30.2. The molecule has 3 aliphatic heterocycles. The minimum Gasteiger partial charge on any atom is -0.508 e. The van der Waals surface area contributed by atoms with E-state index >= 15 is 0 Å². The Balaban J connectivity index is 1.53. The van der Waals surface area contributed by atoms with E-state index in [9.17, 15) is 51.1 Å². The molecule has 2 fully saturated rings. The van der Waals surface area contributed by atoms with E-state index in [1.807, 2.05) is 0 Å². The highest BCUT2D eigenvalue weighted by Crippen LogP contribution is 2.45. The normalized spacial score (nSPS) is 36.4. The second kappa shape index (κ2) is 12.2. The number of aliphatic hydroxyl groups excluding tert-OH is 8. The standard InChI is InChI=1S/C27H32O15/c28-8-17-19(32)21(34)23(36)26(41-17)39-15-6-12(31)5-14-13(15)7-16(25(38-14)10-1-3-11(30)4-2-10)40-27-24(37)22(35)20(33)18(9-29)42-27/h1-7,17-37H,8-9H2. The predicted molar refractivity (Wildman–Crippen MR) is 137 cm³/mol. The molecular formula is C27H32O15. The van der Waals surface area contributed by atoms with Crippen molar-refractivity contribution in [3.05, 3.63) is 53.3 Å². The maximum atomic E-state index is 10.6. The van der Waals surface area contributed by atoms with Crippen LogP contribution in [0, 0.1) is 0 Å². The molecule has 10 N–H and O–H groups in total. The van der Waals surface area contributed by atoms with Gasteiger partial charge < -0.3 is 74.7 Å². The zero-order valence-electron chi connectivity index (χ0n) is 21.8. The Morgan fingerprint density at radius 2 is 1.19 bits per heavy atom. The molecule has 0 bridgehead atoms. The molecule has 15 heteroatoms. The van der Waals surface area contributed by atoms with Crippen LogP contribution >= 0.6 is 0 Å². The Kier molecular flexibility index (Phi) is 8.77. The van der Waals surface area contributed by atoms with Crippen molar-refractivity contribution in [3.8, 4) is 23.0 Å². The summed E-state index contributed by atoms with van der Waals surface area (Å²) in [5.74, 6) is -0.503. The molecule has 3 aliphatic rings. The molecule has 2 saturated heterocycles. The summed E-state index contributed by atoms with van der Waals surface area (Å²) in [4.78, 5) is 0. The first-order valence-electron chi connectivity index (χ1n) is 13.0. The third-order valence-corrected chi connectivity index (χ3v) is 7.27. The lowest BCUT2D eigenvalue weighted by molar-refractivity contribution is -0.293. The summed E-state index contributed by atoms with van der Waals surface area (Å²) >= 11 is 0. The van der Waals surface area contributed by atoms with Crippen molar-refractivity contribution in [2.75, 3.05) is 13.2 Å². The Hall–Kier alpha value is -3.22. The maximum absolute atomic E-state index is 10.6. The lowest BCUT2D eigenvalue weighted by Gasteiger charge is -2.41. The number of benzene rings is 2. The number of aliphatic hydroxyl groups is 8. The lowest BCUT2D eigenvalue weighted by atomic mass is 9.98. The largest absolute Gasteiger partial charge is 0.508 e. The van der Waals surface area contributed by atoms with Gasteiger partial charge in [-0.1, -0.05) is 12.1 Å². The highest BCUT2D eigenvalue weighted by molar-refractivity contribution is 5.70. The summed E-state index contributed by atoms with van der Waals surface area (Å²) in [5, 5.41) is 101. The van der Waals surface area contributed by atoms with Gasteiger partial charge in [-0.25, -0.2) is 0 Å². The number of hydrogen-bond donors (Lipinski definition) is 10. The van der Waals surface area contributed by atoms with E-state index in [-0.39, 0.29) is 34.3 Å². The summed E-state index contributed by atoms with van der Waals surface area (Å²) in [5.41, 5.74) is 0.563. The fraction of sp³-hybridized carbons (Fsp3) is 0.481. The summed E-state index contributed by atoms with van der Waals surface area (Å²) < 4.78 is 28.7. The van der Waals surface area contributed by atoms with Gasteiger partial charge in [-0.05, 0) is 18.2 Å². The van der Waals surface area contributed by atoms with Crippen LogP contribution < -0.4 is 9.47 Å². The predicted octanol–water partition coefficient (Wildman–Crippen LogP) is -2.43. The van der Waals surface area contributed by atoms with Gasteiger partial charge in [-0.3, -0.25) is 0 Å². The van der Waals surface area contributed by atoms with Gasteiger partial charge in [-0.2, -0.15) is 0 Å². The van der Waals surface area contributed by atoms with Crippen LogP contribution in [0.5, 0.6) is 23.0 Å². The van der Waals surface area contributed by atoms with Crippen LogP contribution in [0.4, 0.5) is 0 Å². The molecule has 2 aromatic rings. The third kappa shape index (κ3) is 5.71. The second-order valence-corrected chi connectivity index (χ2v) is 10.1. The maximum Gasteiger partial charge on any atom is 0.229 e. The molecular weight excluding hydrogens is 564 g/mol. The lowest BCUT2D eigenvalue weighted by Crippen LogP contribution is -2.60. The minimum absolute atomic E-state index is 0.0387. The third-order valence-electron chi connectivity index (χ3n) is 7.27. The van der Waals surface area contributed by atoms with Gasteiger partial charge in [0.2, 0.25) is 12.6 Å². The number of rotatable bonds is 7. The molecule has 5 rings (SSSR count). The summed E-state index contributed by atoms with van der Waals surface area (Å²) in [6, 6.07) is 8.20. The quantitative estimate of drug-likeness (QED) is 0.160. The highest BCUT2D eigenvalue weighted by atomic mass is 16.7. The molecule has 0 saturated carbocycles. The minimum atomic E-state index is -1.76. The molecule has 0 aliphatic carbocycles. The van der Waals surface area contributed by atoms with Crippen molar-refractivity contribution < 1.29 is 74.7 Å². The van der Waals surface area contributed by atoms with Crippen LogP contribution in [0.25, 0.3) is 6.08 Å². The number of ether oxygens (including phenoxy) is 5. The van der Waals surface area contributed by atoms with Crippen molar-refractivity contribution in [3.63, 3.8) is 0 Å². The van der Waals surface area contributed by atoms with Gasteiger partial charge in [-0.15, -0.1) is 0 Å². The van der Waals surface area contributed by atoms with Gasteiger partial charge in [0.15, 0.2) is 6.10 Å². The van der Waals surface area contributed by atoms with Crippen LogP contribution in [0.2, 0.25) is 0 Å². The number of aromatic hydroxyl groups is 2. The van der Waals surface area contributed by atoms with E-state index < -0.39 is 80.7 Å². The molecule has 3 heterocycles. The Morgan fingerprint density at radius 1 is 0.643 bits per heavy atom. The fourth-order valence-electron chi connectivity index (χ4n) is 4.89. The van der Waals surface area contributed by atoms with Crippen molar-refractivity contribution in [2.45, 2.75) is 67.5 Å². The van der Waals surface area contributed by atoms with E-state index in [1.165, 1.54) is 36.4 Å². The van der Waals surface area contributed by atoms with Crippen LogP contribution in [0.1, 0.15) is 17.2 Å². The smallest absolute Gasteiger partial charge is 0.229 e. The van der Waals surface area contributed by atoms with Crippen molar-refractivity contribution >= 4 is 6.08 Å². The molecule has 0 amide bonds. The molecule has 0 radical (unpaired) electrons. The molecule has 0 aromatic heterocycles. The summed E-state index contributed by atoms with van der Waals surface area (Å²) in [7, 11) is 0. The molecule has 230 valence electrons. The van der Waals surface area contributed by atoms with Gasteiger partial charge in [0, 0.05) is 17.7 Å². The molecule has 11 atom stereocenters. The van der Waals surface area contributed by atoms with Crippen LogP contribution in [-0.2, 0) is 14.2 Å².